The molecule has 1 amide bonds. The number of carbonyl (C=O) groups excluding carboxylic acids is 1. The number of amides is 1. The van der Waals surface area contributed by atoms with Gasteiger partial charge < -0.3 is 4.90 Å². The van der Waals surface area contributed by atoms with Gasteiger partial charge in [-0.1, -0.05) is 6.07 Å². The van der Waals surface area contributed by atoms with E-state index in [4.69, 9.17) is 0 Å². The zero-order valence-electron chi connectivity index (χ0n) is 8.89. The minimum absolute atomic E-state index is 0.116. The number of rotatable bonds is 2. The molecule has 0 saturated carbocycles. The highest BCUT2D eigenvalue weighted by Gasteiger charge is 2.29. The second-order valence-corrected chi connectivity index (χ2v) is 6.43. The van der Waals surface area contributed by atoms with Crippen LogP contribution in [0.2, 0.25) is 0 Å². The smallest absolute Gasteiger partial charge is 0.255 e. The molecule has 3 rings (SSSR count). The van der Waals surface area contributed by atoms with E-state index < -0.39 is 0 Å². The van der Waals surface area contributed by atoms with Crippen LogP contribution in [0.25, 0.3) is 0 Å². The lowest BCUT2D eigenvalue weighted by Crippen LogP contribution is -2.23. The van der Waals surface area contributed by atoms with E-state index in [1.807, 2.05) is 23.1 Å². The first-order chi connectivity index (χ1) is 8.24. The Morgan fingerprint density at radius 2 is 2.41 bits per heavy atom. The molecule has 0 bridgehead atoms. The molecular weight excluding hydrogens is 300 g/mol. The predicted octanol–water partition coefficient (Wildman–Crippen LogP) is 3.06. The average molecular weight is 309 g/mol. The molecule has 0 radical (unpaired) electrons. The molecule has 0 N–H and O–H groups in total. The van der Waals surface area contributed by atoms with E-state index >= 15 is 0 Å². The highest BCUT2D eigenvalue weighted by atomic mass is 79.9. The van der Waals surface area contributed by atoms with Gasteiger partial charge in [-0.25, -0.2) is 0 Å². The van der Waals surface area contributed by atoms with Crippen LogP contribution in [-0.4, -0.2) is 15.8 Å². The molecule has 5 heteroatoms. The molecule has 1 aliphatic heterocycles. The quantitative estimate of drug-likeness (QED) is 0.854. The Balaban J connectivity index is 1.81. The maximum atomic E-state index is 12.1. The Hall–Kier alpha value is -1.20. The lowest BCUT2D eigenvalue weighted by molar-refractivity contribution is 0.0766. The summed E-state index contributed by atoms with van der Waals surface area (Å²) in [5.41, 5.74) is 1.90. The van der Waals surface area contributed by atoms with Gasteiger partial charge in [-0.15, -0.1) is 11.3 Å². The topological polar surface area (TPSA) is 33.2 Å². The second-order valence-electron chi connectivity index (χ2n) is 3.91. The summed E-state index contributed by atoms with van der Waals surface area (Å²) < 4.78 is 1.02. The molecule has 0 atom stereocenters. The molecule has 1 aliphatic rings. The van der Waals surface area contributed by atoms with Gasteiger partial charge in [0, 0.05) is 23.8 Å². The van der Waals surface area contributed by atoms with Gasteiger partial charge in [0.2, 0.25) is 0 Å². The molecule has 0 saturated heterocycles. The molecule has 17 heavy (non-hydrogen) atoms. The van der Waals surface area contributed by atoms with E-state index in [1.165, 1.54) is 0 Å². The summed E-state index contributed by atoms with van der Waals surface area (Å²) in [6.45, 7) is 1.34. The fourth-order valence-corrected chi connectivity index (χ4v) is 3.65. The second kappa shape index (κ2) is 4.23. The number of thiophene rings is 1. The molecule has 86 valence electrons. The number of fused-ring (bicyclic) bond motifs is 1. The molecule has 3 heterocycles. The lowest BCUT2D eigenvalue weighted by atomic mass is 10.2. The van der Waals surface area contributed by atoms with Crippen molar-refractivity contribution >= 4 is 33.2 Å². The predicted molar refractivity (Wildman–Crippen MR) is 69.8 cm³/mol. The Labute approximate surface area is 111 Å². The van der Waals surface area contributed by atoms with Gasteiger partial charge in [-0.05, 0) is 33.6 Å². The van der Waals surface area contributed by atoms with Crippen LogP contribution in [0, 0.1) is 0 Å². The van der Waals surface area contributed by atoms with Crippen molar-refractivity contribution in [1.82, 2.24) is 9.88 Å². The minimum atomic E-state index is 0.116. The van der Waals surface area contributed by atoms with Crippen molar-refractivity contribution in [3.8, 4) is 0 Å². The number of carbonyl (C=O) groups is 1. The number of aromatic nitrogens is 1. The number of pyridine rings is 1. The van der Waals surface area contributed by atoms with Gasteiger partial charge in [0.15, 0.2) is 0 Å². The molecule has 0 aliphatic carbocycles. The van der Waals surface area contributed by atoms with Crippen LogP contribution in [0.5, 0.6) is 0 Å². The fraction of sp³-hybridized carbons (Fsp3) is 0.167. The Bertz CT molecular complexity index is 567. The molecule has 3 nitrogen and oxygen atoms in total. The number of hydrogen-bond acceptors (Lipinski definition) is 3. The molecule has 2 aromatic heterocycles. The molecule has 2 aromatic rings. The van der Waals surface area contributed by atoms with Crippen LogP contribution in [0.4, 0.5) is 0 Å². The number of halogens is 1. The minimum Gasteiger partial charge on any atom is -0.329 e. The largest absolute Gasteiger partial charge is 0.329 e. The van der Waals surface area contributed by atoms with Crippen LogP contribution >= 0.6 is 27.3 Å². The van der Waals surface area contributed by atoms with Gasteiger partial charge in [0.05, 0.1) is 15.9 Å². The van der Waals surface area contributed by atoms with Crippen LogP contribution < -0.4 is 0 Å². The van der Waals surface area contributed by atoms with E-state index in [9.17, 15) is 4.79 Å². The molecule has 0 unspecified atom stereocenters. The number of nitrogens with zero attached hydrogens (tertiary/aromatic N) is 2. The SMILES string of the molecule is O=C1c2cc(Br)sc2CN1Cc1cccnc1. The standard InChI is InChI=1S/C12H9BrN2OS/c13-11-4-9-10(17-11)7-15(12(9)16)6-8-2-1-3-14-5-8/h1-5H,6-7H2. The first-order valence-electron chi connectivity index (χ1n) is 5.20. The summed E-state index contributed by atoms with van der Waals surface area (Å²) in [5.74, 6) is 0.116. The van der Waals surface area contributed by atoms with Gasteiger partial charge in [0.25, 0.3) is 5.91 Å². The monoisotopic (exact) mass is 308 g/mol. The zero-order chi connectivity index (χ0) is 11.8. The van der Waals surface area contributed by atoms with Gasteiger partial charge >= 0.3 is 0 Å². The average Bonchev–Trinajstić information content (AvgIpc) is 2.81. The van der Waals surface area contributed by atoms with E-state index in [-0.39, 0.29) is 5.91 Å². The lowest BCUT2D eigenvalue weighted by Gasteiger charge is -2.15. The number of hydrogen-bond donors (Lipinski definition) is 0. The van der Waals surface area contributed by atoms with Crippen molar-refractivity contribution in [2.24, 2.45) is 0 Å². The van der Waals surface area contributed by atoms with Crippen LogP contribution in [0.3, 0.4) is 0 Å². The first kappa shape index (κ1) is 10.9. The van der Waals surface area contributed by atoms with Crippen LogP contribution in [-0.2, 0) is 13.1 Å². The highest BCUT2D eigenvalue weighted by molar-refractivity contribution is 9.11. The van der Waals surface area contributed by atoms with E-state index in [1.54, 1.807) is 23.7 Å². The zero-order valence-corrected chi connectivity index (χ0v) is 11.3. The molecule has 0 spiro atoms. The van der Waals surface area contributed by atoms with E-state index in [2.05, 4.69) is 20.9 Å². The van der Waals surface area contributed by atoms with E-state index in [0.717, 1.165) is 19.8 Å². The fourth-order valence-electron chi connectivity index (χ4n) is 1.95. The molecule has 0 aromatic carbocycles. The van der Waals surface area contributed by atoms with Crippen LogP contribution in [0.15, 0.2) is 34.4 Å². The highest BCUT2D eigenvalue weighted by Crippen LogP contribution is 2.34. The summed E-state index contributed by atoms with van der Waals surface area (Å²) in [4.78, 5) is 19.2. The van der Waals surface area contributed by atoms with Crippen molar-refractivity contribution in [3.63, 3.8) is 0 Å². The Morgan fingerprint density at radius 1 is 1.53 bits per heavy atom. The molecule has 0 fully saturated rings. The maximum absolute atomic E-state index is 12.1. The van der Waals surface area contributed by atoms with Crippen molar-refractivity contribution in [3.05, 3.63) is 50.4 Å². The summed E-state index contributed by atoms with van der Waals surface area (Å²) in [6, 6.07) is 5.79. The summed E-state index contributed by atoms with van der Waals surface area (Å²) >= 11 is 5.04. The first-order valence-corrected chi connectivity index (χ1v) is 6.81. The Kier molecular flexibility index (Phi) is 2.72. The van der Waals surface area contributed by atoms with E-state index in [0.29, 0.717) is 13.1 Å². The molecular formula is C12H9BrN2OS. The maximum Gasteiger partial charge on any atom is 0.255 e. The third kappa shape index (κ3) is 2.00. The Morgan fingerprint density at radius 3 is 3.12 bits per heavy atom. The summed E-state index contributed by atoms with van der Waals surface area (Å²) in [6.07, 6.45) is 3.54. The van der Waals surface area contributed by atoms with Crippen LogP contribution in [0.1, 0.15) is 20.8 Å². The van der Waals surface area contributed by atoms with Gasteiger partial charge in [-0.2, -0.15) is 0 Å². The summed E-state index contributed by atoms with van der Waals surface area (Å²) in [5, 5.41) is 0. The van der Waals surface area contributed by atoms with Gasteiger partial charge in [-0.3, -0.25) is 9.78 Å². The van der Waals surface area contributed by atoms with Crippen molar-refractivity contribution in [2.75, 3.05) is 0 Å². The summed E-state index contributed by atoms with van der Waals surface area (Å²) in [7, 11) is 0. The normalized spacial score (nSPS) is 14.2. The third-order valence-electron chi connectivity index (χ3n) is 2.73. The van der Waals surface area contributed by atoms with Crippen molar-refractivity contribution in [1.29, 1.82) is 0 Å². The van der Waals surface area contributed by atoms with Crippen molar-refractivity contribution < 1.29 is 4.79 Å². The van der Waals surface area contributed by atoms with Crippen molar-refractivity contribution in [2.45, 2.75) is 13.1 Å². The third-order valence-corrected chi connectivity index (χ3v) is 4.35. The van der Waals surface area contributed by atoms with Gasteiger partial charge in [0.1, 0.15) is 0 Å².